The number of rotatable bonds is 6. The van der Waals surface area contributed by atoms with Gasteiger partial charge in [0.1, 0.15) is 5.82 Å². The van der Waals surface area contributed by atoms with Gasteiger partial charge in [-0.25, -0.2) is 4.39 Å². The number of halogens is 2. The van der Waals surface area contributed by atoms with Crippen molar-refractivity contribution in [2.45, 2.75) is 32.7 Å². The molecular formula is C16H19BrFNS. The maximum Gasteiger partial charge on any atom is 0.127 e. The molecule has 0 amide bonds. The fraction of sp³-hybridized carbons (Fsp3) is 0.375. The van der Waals surface area contributed by atoms with E-state index in [-0.39, 0.29) is 11.9 Å². The van der Waals surface area contributed by atoms with E-state index in [0.717, 1.165) is 23.0 Å². The number of aryl methyl sites for hydroxylation is 1. The van der Waals surface area contributed by atoms with Crippen LogP contribution in [0.25, 0.3) is 0 Å². The maximum absolute atomic E-state index is 14.0. The van der Waals surface area contributed by atoms with Crippen LogP contribution < -0.4 is 5.32 Å². The first-order valence-corrected chi connectivity index (χ1v) is 8.50. The third kappa shape index (κ3) is 3.90. The molecule has 0 bridgehead atoms. The first-order chi connectivity index (χ1) is 9.61. The minimum Gasteiger partial charge on any atom is -0.309 e. The Labute approximate surface area is 132 Å². The van der Waals surface area contributed by atoms with Crippen molar-refractivity contribution in [3.8, 4) is 0 Å². The first-order valence-electron chi connectivity index (χ1n) is 6.83. The smallest absolute Gasteiger partial charge is 0.127 e. The van der Waals surface area contributed by atoms with Crippen LogP contribution in [0.15, 0.2) is 34.1 Å². The van der Waals surface area contributed by atoms with E-state index in [0.29, 0.717) is 6.42 Å². The Hall–Kier alpha value is -0.710. The lowest BCUT2D eigenvalue weighted by Crippen LogP contribution is -2.24. The summed E-state index contributed by atoms with van der Waals surface area (Å²) in [5.74, 6) is -0.142. The van der Waals surface area contributed by atoms with Crippen LogP contribution in [-0.4, -0.2) is 6.54 Å². The number of nitrogens with one attached hydrogen (secondary N) is 1. The molecule has 0 fully saturated rings. The Balaban J connectivity index is 2.21. The van der Waals surface area contributed by atoms with E-state index in [1.807, 2.05) is 12.1 Å². The fourth-order valence-corrected chi connectivity index (χ4v) is 3.56. The van der Waals surface area contributed by atoms with Crippen molar-refractivity contribution < 1.29 is 4.39 Å². The number of benzene rings is 1. The molecule has 0 aliphatic rings. The molecule has 1 N–H and O–H groups in total. The lowest BCUT2D eigenvalue weighted by molar-refractivity contribution is 0.517. The van der Waals surface area contributed by atoms with E-state index in [2.05, 4.69) is 46.5 Å². The van der Waals surface area contributed by atoms with Crippen LogP contribution in [0.3, 0.4) is 0 Å². The van der Waals surface area contributed by atoms with Crippen LogP contribution in [0.1, 0.15) is 35.4 Å². The van der Waals surface area contributed by atoms with Crippen LogP contribution in [0.2, 0.25) is 0 Å². The molecule has 4 heteroatoms. The van der Waals surface area contributed by atoms with Crippen LogP contribution in [0, 0.1) is 12.7 Å². The molecule has 20 heavy (non-hydrogen) atoms. The summed E-state index contributed by atoms with van der Waals surface area (Å²) in [5.41, 5.74) is 2.04. The molecule has 1 aromatic carbocycles. The van der Waals surface area contributed by atoms with Crippen molar-refractivity contribution in [1.82, 2.24) is 5.32 Å². The van der Waals surface area contributed by atoms with Gasteiger partial charge in [0.25, 0.3) is 0 Å². The molecule has 0 aliphatic heterocycles. The van der Waals surface area contributed by atoms with Crippen LogP contribution in [0.5, 0.6) is 0 Å². The lowest BCUT2D eigenvalue weighted by Gasteiger charge is -2.19. The van der Waals surface area contributed by atoms with Crippen molar-refractivity contribution in [1.29, 1.82) is 0 Å². The van der Waals surface area contributed by atoms with Crippen molar-refractivity contribution in [3.05, 3.63) is 55.9 Å². The summed E-state index contributed by atoms with van der Waals surface area (Å²) in [7, 11) is 0. The van der Waals surface area contributed by atoms with Crippen LogP contribution in [0.4, 0.5) is 4.39 Å². The van der Waals surface area contributed by atoms with Gasteiger partial charge in [0, 0.05) is 15.4 Å². The summed E-state index contributed by atoms with van der Waals surface area (Å²) < 4.78 is 14.8. The minimum absolute atomic E-state index is 0.142. The number of hydrogen-bond donors (Lipinski definition) is 1. The molecule has 1 unspecified atom stereocenters. The SMILES string of the molecule is CCCNC(Cc1ccc(Br)cc1F)c1sccc1C. The number of thiophene rings is 1. The summed E-state index contributed by atoms with van der Waals surface area (Å²) >= 11 is 5.04. The zero-order valence-electron chi connectivity index (χ0n) is 11.7. The fourth-order valence-electron chi connectivity index (χ4n) is 2.22. The van der Waals surface area contributed by atoms with E-state index in [1.165, 1.54) is 16.5 Å². The average Bonchev–Trinajstić information content (AvgIpc) is 2.83. The molecule has 1 nitrogen and oxygen atoms in total. The molecular weight excluding hydrogens is 337 g/mol. The van der Waals surface area contributed by atoms with Crippen molar-refractivity contribution in [2.75, 3.05) is 6.54 Å². The van der Waals surface area contributed by atoms with Crippen molar-refractivity contribution in [2.24, 2.45) is 0 Å². The van der Waals surface area contributed by atoms with Gasteiger partial charge in [-0.2, -0.15) is 0 Å². The molecule has 108 valence electrons. The predicted octanol–water partition coefficient (Wildman–Crippen LogP) is 5.24. The van der Waals surface area contributed by atoms with Gasteiger partial charge in [-0.05, 0) is 61.0 Å². The Morgan fingerprint density at radius 3 is 2.75 bits per heavy atom. The molecule has 2 rings (SSSR count). The highest BCUT2D eigenvalue weighted by Gasteiger charge is 2.17. The van der Waals surface area contributed by atoms with E-state index in [9.17, 15) is 4.39 Å². The van der Waals surface area contributed by atoms with Crippen molar-refractivity contribution >= 4 is 27.3 Å². The first kappa shape index (κ1) is 15.7. The molecule has 2 aromatic rings. The summed E-state index contributed by atoms with van der Waals surface area (Å²) in [4.78, 5) is 1.31. The van der Waals surface area contributed by atoms with E-state index >= 15 is 0 Å². The van der Waals surface area contributed by atoms with E-state index in [4.69, 9.17) is 0 Å². The number of hydrogen-bond acceptors (Lipinski definition) is 2. The Morgan fingerprint density at radius 2 is 2.15 bits per heavy atom. The molecule has 0 saturated heterocycles. The van der Waals surface area contributed by atoms with E-state index < -0.39 is 0 Å². The van der Waals surface area contributed by atoms with Gasteiger partial charge in [0.05, 0.1) is 0 Å². The highest BCUT2D eigenvalue weighted by molar-refractivity contribution is 9.10. The Kier molecular flexibility index (Phi) is 5.75. The summed E-state index contributed by atoms with van der Waals surface area (Å²) in [5, 5.41) is 5.64. The Morgan fingerprint density at radius 1 is 1.35 bits per heavy atom. The van der Waals surface area contributed by atoms with E-state index in [1.54, 1.807) is 11.3 Å². The molecule has 0 radical (unpaired) electrons. The zero-order chi connectivity index (χ0) is 14.5. The summed E-state index contributed by atoms with van der Waals surface area (Å²) in [6.07, 6.45) is 1.75. The quantitative estimate of drug-likeness (QED) is 0.746. The molecule has 1 atom stereocenters. The third-order valence-electron chi connectivity index (χ3n) is 3.30. The maximum atomic E-state index is 14.0. The second-order valence-electron chi connectivity index (χ2n) is 4.91. The molecule has 0 saturated carbocycles. The van der Waals surface area contributed by atoms with Crippen LogP contribution >= 0.6 is 27.3 Å². The van der Waals surface area contributed by atoms with Gasteiger partial charge in [-0.1, -0.05) is 28.9 Å². The van der Waals surface area contributed by atoms with Gasteiger partial charge in [0.2, 0.25) is 0 Å². The molecule has 0 aliphatic carbocycles. The minimum atomic E-state index is -0.142. The predicted molar refractivity (Wildman–Crippen MR) is 87.9 cm³/mol. The monoisotopic (exact) mass is 355 g/mol. The van der Waals surface area contributed by atoms with Gasteiger partial charge >= 0.3 is 0 Å². The summed E-state index contributed by atoms with van der Waals surface area (Å²) in [6.45, 7) is 5.20. The molecule has 1 aromatic heterocycles. The largest absolute Gasteiger partial charge is 0.309 e. The highest BCUT2D eigenvalue weighted by Crippen LogP contribution is 2.28. The lowest BCUT2D eigenvalue weighted by atomic mass is 10.0. The van der Waals surface area contributed by atoms with Gasteiger partial charge in [-0.3, -0.25) is 0 Å². The Bertz CT molecular complexity index is 567. The second kappa shape index (κ2) is 7.34. The normalized spacial score (nSPS) is 12.6. The molecule has 1 heterocycles. The van der Waals surface area contributed by atoms with Gasteiger partial charge in [0.15, 0.2) is 0 Å². The molecule has 0 spiro atoms. The summed E-state index contributed by atoms with van der Waals surface area (Å²) in [6, 6.07) is 7.61. The zero-order valence-corrected chi connectivity index (χ0v) is 14.2. The second-order valence-corrected chi connectivity index (χ2v) is 6.78. The topological polar surface area (TPSA) is 12.0 Å². The standard InChI is InChI=1S/C16H19BrFNS/c1-3-7-19-15(16-11(2)6-8-20-16)9-12-4-5-13(17)10-14(12)18/h4-6,8,10,15,19H,3,7,9H2,1-2H3. The van der Waals surface area contributed by atoms with Crippen LogP contribution in [-0.2, 0) is 6.42 Å². The highest BCUT2D eigenvalue weighted by atomic mass is 79.9. The van der Waals surface area contributed by atoms with Gasteiger partial charge in [-0.15, -0.1) is 11.3 Å². The third-order valence-corrected chi connectivity index (χ3v) is 4.92. The van der Waals surface area contributed by atoms with Crippen molar-refractivity contribution in [3.63, 3.8) is 0 Å². The van der Waals surface area contributed by atoms with Gasteiger partial charge < -0.3 is 5.32 Å². The average molecular weight is 356 g/mol.